The molecule has 0 heterocycles. The van der Waals surface area contributed by atoms with Crippen LogP contribution in [0.2, 0.25) is 0 Å². The van der Waals surface area contributed by atoms with Gasteiger partial charge >= 0.3 is 0 Å². The quantitative estimate of drug-likeness (QED) is 0.790. The Morgan fingerprint density at radius 3 is 2.30 bits per heavy atom. The highest BCUT2D eigenvalue weighted by Gasteiger charge is 2.30. The lowest BCUT2D eigenvalue weighted by atomic mass is 9.89. The molecule has 1 aromatic rings. The molecule has 0 aliphatic carbocycles. The van der Waals surface area contributed by atoms with E-state index in [9.17, 15) is 4.39 Å². The third kappa shape index (κ3) is 4.57. The Bertz CT molecular complexity index is 390. The average Bonchev–Trinajstić information content (AvgIpc) is 2.46. The van der Waals surface area contributed by atoms with Crippen molar-refractivity contribution in [2.75, 3.05) is 19.6 Å². The predicted molar refractivity (Wildman–Crippen MR) is 84.3 cm³/mol. The Morgan fingerprint density at radius 1 is 1.25 bits per heavy atom. The molecule has 1 aromatic carbocycles. The van der Waals surface area contributed by atoms with Crippen LogP contribution < -0.4 is 5.73 Å². The fourth-order valence-corrected chi connectivity index (χ4v) is 2.59. The van der Waals surface area contributed by atoms with Crippen molar-refractivity contribution in [3.05, 3.63) is 35.6 Å². The van der Waals surface area contributed by atoms with Crippen LogP contribution in [-0.2, 0) is 6.42 Å². The second-order valence-electron chi connectivity index (χ2n) is 6.06. The molecule has 0 aliphatic heterocycles. The van der Waals surface area contributed by atoms with E-state index in [0.717, 1.165) is 25.1 Å². The van der Waals surface area contributed by atoms with Gasteiger partial charge in [0.15, 0.2) is 0 Å². The molecule has 0 radical (unpaired) electrons. The highest BCUT2D eigenvalue weighted by atomic mass is 19.1. The van der Waals surface area contributed by atoms with Gasteiger partial charge in [0.2, 0.25) is 0 Å². The molecule has 2 N–H and O–H groups in total. The molecule has 20 heavy (non-hydrogen) atoms. The molecular weight excluding hydrogens is 251 g/mol. The molecule has 2 atom stereocenters. The molecule has 0 spiro atoms. The summed E-state index contributed by atoms with van der Waals surface area (Å²) in [5, 5.41) is 0. The molecule has 0 amide bonds. The van der Waals surface area contributed by atoms with Gasteiger partial charge in [-0.15, -0.1) is 0 Å². The van der Waals surface area contributed by atoms with Crippen LogP contribution in [0.1, 0.15) is 39.7 Å². The molecule has 114 valence electrons. The van der Waals surface area contributed by atoms with Crippen molar-refractivity contribution in [2.24, 2.45) is 11.7 Å². The zero-order valence-electron chi connectivity index (χ0n) is 13.3. The molecule has 0 saturated carbocycles. The Labute approximate surface area is 123 Å². The van der Waals surface area contributed by atoms with Gasteiger partial charge in [-0.3, -0.25) is 4.90 Å². The average molecular weight is 280 g/mol. The van der Waals surface area contributed by atoms with E-state index < -0.39 is 0 Å². The first-order valence-corrected chi connectivity index (χ1v) is 7.64. The summed E-state index contributed by atoms with van der Waals surface area (Å²) in [6.07, 6.45) is 2.03. The first-order chi connectivity index (χ1) is 9.45. The first kappa shape index (κ1) is 17.1. The molecule has 0 aliphatic rings. The predicted octanol–water partition coefficient (Wildman–Crippen LogP) is 3.45. The van der Waals surface area contributed by atoms with Crippen molar-refractivity contribution in [3.63, 3.8) is 0 Å². The van der Waals surface area contributed by atoms with Crippen LogP contribution in [0.5, 0.6) is 0 Å². The van der Waals surface area contributed by atoms with E-state index in [2.05, 4.69) is 32.6 Å². The first-order valence-electron chi connectivity index (χ1n) is 7.64. The molecule has 3 heteroatoms. The van der Waals surface area contributed by atoms with Crippen LogP contribution in [0.4, 0.5) is 4.39 Å². The summed E-state index contributed by atoms with van der Waals surface area (Å²) in [7, 11) is 0. The zero-order valence-corrected chi connectivity index (χ0v) is 13.3. The molecule has 0 bridgehead atoms. The summed E-state index contributed by atoms with van der Waals surface area (Å²) in [6, 6.07) is 6.77. The number of nitrogens with two attached hydrogens (primary N) is 1. The summed E-state index contributed by atoms with van der Waals surface area (Å²) in [5.41, 5.74) is 7.13. The fraction of sp³-hybridized carbons (Fsp3) is 0.647. The van der Waals surface area contributed by atoms with Crippen LogP contribution >= 0.6 is 0 Å². The third-order valence-electron chi connectivity index (χ3n) is 4.31. The topological polar surface area (TPSA) is 29.3 Å². The standard InChI is InChI=1S/C17H29FN2/c1-5-14(3)12-20(6-2)17(4,13-19)11-15-7-9-16(18)10-8-15/h7-10,14H,5-6,11-13,19H2,1-4H3. The third-order valence-corrected chi connectivity index (χ3v) is 4.31. The van der Waals surface area contributed by atoms with Gasteiger partial charge in [-0.2, -0.15) is 0 Å². The minimum Gasteiger partial charge on any atom is -0.329 e. The van der Waals surface area contributed by atoms with Crippen molar-refractivity contribution >= 4 is 0 Å². The Hall–Kier alpha value is -0.930. The number of hydrogen-bond acceptors (Lipinski definition) is 2. The lowest BCUT2D eigenvalue weighted by Gasteiger charge is -2.41. The fourth-order valence-electron chi connectivity index (χ4n) is 2.59. The van der Waals surface area contributed by atoms with Crippen LogP contribution in [0.15, 0.2) is 24.3 Å². The van der Waals surface area contributed by atoms with Crippen molar-refractivity contribution < 1.29 is 4.39 Å². The Balaban J connectivity index is 2.84. The molecule has 0 fully saturated rings. The lowest BCUT2D eigenvalue weighted by Crippen LogP contribution is -2.54. The maximum Gasteiger partial charge on any atom is 0.123 e. The van der Waals surface area contributed by atoms with Crippen LogP contribution in [0.3, 0.4) is 0 Å². The molecule has 2 unspecified atom stereocenters. The van der Waals surface area contributed by atoms with E-state index in [-0.39, 0.29) is 11.4 Å². The van der Waals surface area contributed by atoms with Gasteiger partial charge in [-0.05, 0) is 43.5 Å². The summed E-state index contributed by atoms with van der Waals surface area (Å²) >= 11 is 0. The second-order valence-corrected chi connectivity index (χ2v) is 6.06. The van der Waals surface area contributed by atoms with E-state index >= 15 is 0 Å². The number of halogens is 1. The van der Waals surface area contributed by atoms with Gasteiger partial charge in [-0.1, -0.05) is 39.3 Å². The number of likely N-dealkylation sites (N-methyl/N-ethyl adjacent to an activating group) is 1. The summed E-state index contributed by atoms with van der Waals surface area (Å²) in [6.45, 7) is 11.5. The highest BCUT2D eigenvalue weighted by Crippen LogP contribution is 2.22. The van der Waals surface area contributed by atoms with Crippen molar-refractivity contribution in [2.45, 2.75) is 46.1 Å². The Kier molecular flexibility index (Phi) is 6.63. The van der Waals surface area contributed by atoms with Crippen LogP contribution in [0.25, 0.3) is 0 Å². The van der Waals surface area contributed by atoms with Crippen LogP contribution in [0, 0.1) is 11.7 Å². The SMILES string of the molecule is CCC(C)CN(CC)C(C)(CN)Cc1ccc(F)cc1. The normalized spacial score (nSPS) is 16.1. The monoisotopic (exact) mass is 280 g/mol. The Morgan fingerprint density at radius 2 is 1.85 bits per heavy atom. The van der Waals surface area contributed by atoms with Gasteiger partial charge < -0.3 is 5.73 Å². The van der Waals surface area contributed by atoms with Gasteiger partial charge in [-0.25, -0.2) is 4.39 Å². The number of rotatable bonds is 8. The number of hydrogen-bond donors (Lipinski definition) is 1. The lowest BCUT2D eigenvalue weighted by molar-refractivity contribution is 0.0980. The zero-order chi connectivity index (χ0) is 15.2. The summed E-state index contributed by atoms with van der Waals surface area (Å²) < 4.78 is 13.0. The van der Waals surface area contributed by atoms with Gasteiger partial charge in [0.1, 0.15) is 5.82 Å². The largest absolute Gasteiger partial charge is 0.329 e. The van der Waals surface area contributed by atoms with Crippen LogP contribution in [-0.4, -0.2) is 30.1 Å². The second kappa shape index (κ2) is 7.75. The molecule has 0 aromatic heterocycles. The number of nitrogens with zero attached hydrogens (tertiary/aromatic N) is 1. The minimum absolute atomic E-state index is 0.0734. The van der Waals surface area contributed by atoms with Crippen molar-refractivity contribution in [1.82, 2.24) is 4.90 Å². The van der Waals surface area contributed by atoms with Crippen molar-refractivity contribution in [1.29, 1.82) is 0 Å². The smallest absolute Gasteiger partial charge is 0.123 e. The maximum absolute atomic E-state index is 13.0. The van der Waals surface area contributed by atoms with E-state index in [1.165, 1.54) is 18.6 Å². The molecule has 2 nitrogen and oxygen atoms in total. The summed E-state index contributed by atoms with van der Waals surface area (Å²) in [4.78, 5) is 2.46. The summed E-state index contributed by atoms with van der Waals surface area (Å²) in [5.74, 6) is 0.476. The molecular formula is C17H29FN2. The molecule has 0 saturated heterocycles. The highest BCUT2D eigenvalue weighted by molar-refractivity contribution is 5.19. The van der Waals surface area contributed by atoms with Crippen molar-refractivity contribution in [3.8, 4) is 0 Å². The van der Waals surface area contributed by atoms with E-state index in [4.69, 9.17) is 5.73 Å². The van der Waals surface area contributed by atoms with E-state index in [1.807, 2.05) is 12.1 Å². The van der Waals surface area contributed by atoms with E-state index in [0.29, 0.717) is 12.5 Å². The van der Waals surface area contributed by atoms with E-state index in [1.54, 1.807) is 0 Å². The van der Waals surface area contributed by atoms with Gasteiger partial charge in [0, 0.05) is 18.6 Å². The maximum atomic E-state index is 13.0. The number of benzene rings is 1. The van der Waals surface area contributed by atoms with Gasteiger partial charge in [0.25, 0.3) is 0 Å². The van der Waals surface area contributed by atoms with Gasteiger partial charge in [0.05, 0.1) is 0 Å². The minimum atomic E-state index is -0.185. The molecule has 1 rings (SSSR count).